The number of nitrogens with two attached hydrogens (primary N) is 1. The molecule has 2 rings (SSSR count). The molecule has 0 aromatic rings. The highest BCUT2D eigenvalue weighted by Gasteiger charge is 2.21. The Bertz CT molecular complexity index is 384. The molecule has 0 aliphatic heterocycles. The summed E-state index contributed by atoms with van der Waals surface area (Å²) in [6.07, 6.45) is 15.2. The lowest BCUT2D eigenvalue weighted by molar-refractivity contribution is -0.131. The van der Waals surface area contributed by atoms with Crippen LogP contribution in [0.4, 0.5) is 0 Å². The third-order valence-electron chi connectivity index (χ3n) is 2.99. The fourth-order valence-electron chi connectivity index (χ4n) is 1.28. The summed E-state index contributed by atoms with van der Waals surface area (Å²) in [6, 6.07) is 1.06. The van der Waals surface area contributed by atoms with E-state index in [1.807, 2.05) is 13.0 Å². The van der Waals surface area contributed by atoms with Crippen molar-refractivity contribution in [1.29, 1.82) is 0 Å². The van der Waals surface area contributed by atoms with Gasteiger partial charge in [0.05, 0.1) is 0 Å². The molecule has 2 aliphatic carbocycles. The maximum Gasteiger partial charge on any atom is 0.327 e. The second-order valence-electron chi connectivity index (χ2n) is 5.84. The van der Waals surface area contributed by atoms with E-state index in [2.05, 4.69) is 12.2 Å². The van der Waals surface area contributed by atoms with Gasteiger partial charge in [0.25, 0.3) is 0 Å². The number of carbonyl (C=O) groups is 2. The highest BCUT2D eigenvalue weighted by atomic mass is 16.4. The van der Waals surface area contributed by atoms with Gasteiger partial charge in [0.15, 0.2) is 0 Å². The number of hydrogen-bond acceptors (Lipinski definition) is 3. The molecule has 2 saturated carbocycles. The van der Waals surface area contributed by atoms with Crippen molar-refractivity contribution in [3.63, 3.8) is 0 Å². The van der Waals surface area contributed by atoms with Gasteiger partial charge in [0, 0.05) is 18.2 Å². The number of amides is 1. The molecule has 0 bridgehead atoms. The maximum absolute atomic E-state index is 11.0. The lowest BCUT2D eigenvalue weighted by Crippen LogP contribution is -2.22. The fraction of sp³-hybridized carbons (Fsp3) is 0.667. The Balaban J connectivity index is 0.000000351. The van der Waals surface area contributed by atoms with Gasteiger partial charge in [-0.05, 0) is 44.6 Å². The van der Waals surface area contributed by atoms with Crippen molar-refractivity contribution in [2.24, 2.45) is 5.73 Å². The van der Waals surface area contributed by atoms with Crippen molar-refractivity contribution in [2.45, 2.75) is 77.3 Å². The maximum atomic E-state index is 11.0. The van der Waals surface area contributed by atoms with Crippen LogP contribution < -0.4 is 11.1 Å². The summed E-state index contributed by atoms with van der Waals surface area (Å²) >= 11 is 0. The molecule has 23 heavy (non-hydrogen) atoms. The summed E-state index contributed by atoms with van der Waals surface area (Å²) in [6.45, 7) is 4.11. The van der Waals surface area contributed by atoms with Crippen LogP contribution in [0.3, 0.4) is 0 Å². The van der Waals surface area contributed by atoms with E-state index in [-0.39, 0.29) is 5.91 Å². The fourth-order valence-corrected chi connectivity index (χ4v) is 1.28. The van der Waals surface area contributed by atoms with Gasteiger partial charge < -0.3 is 16.2 Å². The SMILES string of the molecule is CCC/C=C/C(=O)NC1CC1.CCC/C=C/C(=O)O.NC1CC1. The van der Waals surface area contributed by atoms with Crippen LogP contribution in [-0.2, 0) is 9.59 Å². The highest BCUT2D eigenvalue weighted by molar-refractivity contribution is 5.87. The quantitative estimate of drug-likeness (QED) is 0.627. The van der Waals surface area contributed by atoms with E-state index in [4.69, 9.17) is 10.8 Å². The van der Waals surface area contributed by atoms with Crippen LogP contribution in [0.15, 0.2) is 24.3 Å². The van der Waals surface area contributed by atoms with E-state index < -0.39 is 5.97 Å². The average molecular weight is 324 g/mol. The number of hydrogen-bond donors (Lipinski definition) is 3. The normalized spacial score (nSPS) is 16.3. The molecule has 0 spiro atoms. The molecule has 2 aliphatic rings. The number of allylic oxidation sites excluding steroid dienone is 2. The standard InChI is InChI=1S/C9H15NO.C6H10O2.C3H7N/c1-2-3-4-5-9(11)10-8-6-7-8;1-2-3-4-5-6(7)8;4-3-1-2-3/h4-5,8H,2-3,6-7H2,1H3,(H,10,11);4-5H,2-3H2,1H3,(H,7,8);3H,1-2,4H2/b2*5-4+;. The minimum Gasteiger partial charge on any atom is -0.478 e. The average Bonchev–Trinajstić information content (AvgIpc) is 3.40. The van der Waals surface area contributed by atoms with Crippen LogP contribution in [0.5, 0.6) is 0 Å². The number of aliphatic carboxylic acids is 1. The smallest absolute Gasteiger partial charge is 0.327 e. The van der Waals surface area contributed by atoms with Crippen molar-refractivity contribution in [3.05, 3.63) is 24.3 Å². The van der Waals surface area contributed by atoms with E-state index >= 15 is 0 Å². The number of nitrogens with one attached hydrogen (secondary N) is 1. The number of carboxylic acid groups (broad SMARTS) is 1. The summed E-state index contributed by atoms with van der Waals surface area (Å²) in [5, 5.41) is 10.9. The monoisotopic (exact) mass is 324 g/mol. The second-order valence-corrected chi connectivity index (χ2v) is 5.84. The van der Waals surface area contributed by atoms with Crippen molar-refractivity contribution in [1.82, 2.24) is 5.32 Å². The first-order valence-corrected chi connectivity index (χ1v) is 8.61. The Morgan fingerprint density at radius 2 is 1.52 bits per heavy atom. The van der Waals surface area contributed by atoms with Gasteiger partial charge in [-0.15, -0.1) is 0 Å². The molecular formula is C18H32N2O3. The van der Waals surface area contributed by atoms with E-state index in [1.54, 1.807) is 12.2 Å². The van der Waals surface area contributed by atoms with Gasteiger partial charge in [0.1, 0.15) is 0 Å². The lowest BCUT2D eigenvalue weighted by Gasteiger charge is -1.95. The molecule has 0 heterocycles. The topological polar surface area (TPSA) is 92.4 Å². The van der Waals surface area contributed by atoms with Gasteiger partial charge in [0.2, 0.25) is 5.91 Å². The molecule has 0 aromatic heterocycles. The number of unbranched alkanes of at least 4 members (excludes halogenated alkanes) is 2. The van der Waals surface area contributed by atoms with Crippen molar-refractivity contribution >= 4 is 11.9 Å². The Labute approximate surface area is 140 Å². The Morgan fingerprint density at radius 3 is 1.87 bits per heavy atom. The summed E-state index contributed by atoms with van der Waals surface area (Å²) in [5.41, 5.74) is 5.22. The van der Waals surface area contributed by atoms with Crippen molar-refractivity contribution < 1.29 is 14.7 Å². The molecule has 132 valence electrons. The van der Waals surface area contributed by atoms with Crippen LogP contribution in [0, 0.1) is 0 Å². The summed E-state index contributed by atoms with van der Waals surface area (Å²) < 4.78 is 0. The van der Waals surface area contributed by atoms with Gasteiger partial charge >= 0.3 is 5.97 Å². The zero-order valence-electron chi connectivity index (χ0n) is 14.5. The van der Waals surface area contributed by atoms with Crippen molar-refractivity contribution in [3.8, 4) is 0 Å². The molecule has 0 atom stereocenters. The highest BCUT2D eigenvalue weighted by Crippen LogP contribution is 2.18. The first-order valence-electron chi connectivity index (χ1n) is 8.61. The van der Waals surface area contributed by atoms with Gasteiger partial charge in [-0.2, -0.15) is 0 Å². The molecule has 5 heteroatoms. The molecule has 0 saturated heterocycles. The minimum absolute atomic E-state index is 0.0703. The molecule has 4 N–H and O–H groups in total. The predicted molar refractivity (Wildman–Crippen MR) is 94.1 cm³/mol. The van der Waals surface area contributed by atoms with E-state index in [1.165, 1.54) is 18.9 Å². The van der Waals surface area contributed by atoms with Crippen LogP contribution in [0.1, 0.15) is 65.2 Å². The first kappa shape index (κ1) is 21.4. The Morgan fingerprint density at radius 1 is 1.04 bits per heavy atom. The van der Waals surface area contributed by atoms with Gasteiger partial charge in [-0.3, -0.25) is 4.79 Å². The molecule has 0 aromatic carbocycles. The van der Waals surface area contributed by atoms with Crippen molar-refractivity contribution in [2.75, 3.05) is 0 Å². The van der Waals surface area contributed by atoms with E-state index in [0.29, 0.717) is 12.1 Å². The lowest BCUT2D eigenvalue weighted by atomic mass is 10.3. The predicted octanol–water partition coefficient (Wildman–Crippen LogP) is 3.16. The van der Waals surface area contributed by atoms with Gasteiger partial charge in [-0.1, -0.05) is 38.8 Å². The van der Waals surface area contributed by atoms with Gasteiger partial charge in [-0.25, -0.2) is 4.79 Å². The van der Waals surface area contributed by atoms with E-state index in [9.17, 15) is 9.59 Å². The Hall–Kier alpha value is -1.62. The summed E-state index contributed by atoms with van der Waals surface area (Å²) in [5.74, 6) is -0.792. The van der Waals surface area contributed by atoms with Crippen LogP contribution in [0.25, 0.3) is 0 Å². The summed E-state index contributed by atoms with van der Waals surface area (Å²) in [7, 11) is 0. The molecule has 0 unspecified atom stereocenters. The zero-order valence-corrected chi connectivity index (χ0v) is 14.5. The third-order valence-corrected chi connectivity index (χ3v) is 2.99. The number of carbonyl (C=O) groups excluding carboxylic acids is 1. The number of carboxylic acids is 1. The molecule has 5 nitrogen and oxygen atoms in total. The Kier molecular flexibility index (Phi) is 13.0. The van der Waals surface area contributed by atoms with Crippen LogP contribution >= 0.6 is 0 Å². The first-order chi connectivity index (χ1) is 11.0. The van der Waals surface area contributed by atoms with E-state index in [0.717, 1.165) is 38.5 Å². The number of rotatable bonds is 7. The largest absolute Gasteiger partial charge is 0.478 e. The minimum atomic E-state index is -0.863. The summed E-state index contributed by atoms with van der Waals surface area (Å²) in [4.78, 5) is 20.8. The van der Waals surface area contributed by atoms with Crippen LogP contribution in [0.2, 0.25) is 0 Å². The van der Waals surface area contributed by atoms with Crippen LogP contribution in [-0.4, -0.2) is 29.1 Å². The second kappa shape index (κ2) is 14.0. The molecular weight excluding hydrogens is 292 g/mol. The molecule has 2 fully saturated rings. The molecule has 0 radical (unpaired) electrons. The zero-order chi connectivity index (χ0) is 17.5. The molecule has 1 amide bonds. The third kappa shape index (κ3) is 20.4.